The predicted molar refractivity (Wildman–Crippen MR) is 63.5 cm³/mol. The van der Waals surface area contributed by atoms with Crippen molar-refractivity contribution in [2.75, 3.05) is 5.73 Å². The first-order valence-corrected chi connectivity index (χ1v) is 4.95. The maximum atomic E-state index is 10.4. The second-order valence-corrected chi connectivity index (χ2v) is 3.32. The zero-order valence-electron chi connectivity index (χ0n) is 9.80. The molecule has 2 rings (SSSR count). The largest absolute Gasteiger partial charge is 0.543 e. The third-order valence-corrected chi connectivity index (χ3v) is 1.90. The van der Waals surface area contributed by atoms with E-state index in [1.807, 2.05) is 9.97 Å². The van der Waals surface area contributed by atoms with Crippen LogP contribution in [0.1, 0.15) is 21.0 Å². The summed E-state index contributed by atoms with van der Waals surface area (Å²) in [6.07, 6.45) is 1.31. The van der Waals surface area contributed by atoms with Gasteiger partial charge in [-0.1, -0.05) is 0 Å². The first-order chi connectivity index (χ1) is 9.31. The molecule has 0 aliphatic heterocycles. The number of rotatable bonds is 2. The number of carbonyl (C=O) groups is 2. The summed E-state index contributed by atoms with van der Waals surface area (Å²) in [6.45, 7) is 0. The van der Waals surface area contributed by atoms with E-state index in [0.717, 1.165) is 6.07 Å². The third-order valence-electron chi connectivity index (χ3n) is 1.90. The van der Waals surface area contributed by atoms with Gasteiger partial charge in [0.1, 0.15) is 5.69 Å². The van der Waals surface area contributed by atoms with Crippen LogP contribution in [0, 0.1) is 0 Å². The molecule has 2 aromatic rings. The number of carboxylic acids is 1. The normalized spacial score (nSPS) is 9.40. The maximum Gasteiger partial charge on any atom is 0.326 e. The van der Waals surface area contributed by atoms with Gasteiger partial charge in [0.25, 0.3) is 11.5 Å². The Bertz CT molecular complexity index is 713. The lowest BCUT2D eigenvalue weighted by Crippen LogP contribution is -2.31. The third kappa shape index (κ3) is 3.83. The van der Waals surface area contributed by atoms with Gasteiger partial charge in [0.15, 0.2) is 5.82 Å². The van der Waals surface area contributed by atoms with E-state index in [-0.39, 0.29) is 11.5 Å². The van der Waals surface area contributed by atoms with E-state index in [9.17, 15) is 24.3 Å². The highest BCUT2D eigenvalue weighted by atomic mass is 16.4. The topological polar surface area (TPSA) is 204 Å². The Kier molecular flexibility index (Phi) is 4.40. The van der Waals surface area contributed by atoms with Gasteiger partial charge in [0, 0.05) is 6.07 Å². The van der Waals surface area contributed by atoms with Crippen molar-refractivity contribution in [2.45, 2.75) is 0 Å². The summed E-state index contributed by atoms with van der Waals surface area (Å²) in [5.41, 5.74) is 8.07. The number of aromatic nitrogens is 4. The summed E-state index contributed by atoms with van der Waals surface area (Å²) in [5, 5.41) is 10.1. The number of carbonyl (C=O) groups excluding carboxylic acids is 2. The molecule has 20 heavy (non-hydrogen) atoms. The second kappa shape index (κ2) is 5.99. The first-order valence-electron chi connectivity index (χ1n) is 4.95. The van der Waals surface area contributed by atoms with Crippen molar-refractivity contribution in [1.82, 2.24) is 19.9 Å². The van der Waals surface area contributed by atoms with Crippen LogP contribution in [0.4, 0.5) is 5.82 Å². The van der Waals surface area contributed by atoms with Gasteiger partial charge in [-0.15, -0.1) is 0 Å². The van der Waals surface area contributed by atoms with E-state index < -0.39 is 28.8 Å². The fourth-order valence-corrected chi connectivity index (χ4v) is 1.08. The number of nitrogen functional groups attached to an aromatic ring is 1. The molecule has 0 saturated heterocycles. The molecule has 2 heterocycles. The van der Waals surface area contributed by atoms with Crippen LogP contribution >= 0.6 is 0 Å². The SMILES string of the molecule is NC(=O)c1[nH]cnc1N.O=C([O-])c1cc(=O)[nH]c(=O)[nH]1. The van der Waals surface area contributed by atoms with Gasteiger partial charge in [-0.05, 0) is 0 Å². The Labute approximate surface area is 109 Å². The number of nitrogens with two attached hydrogens (primary N) is 2. The molecule has 0 radical (unpaired) electrons. The Morgan fingerprint density at radius 1 is 1.25 bits per heavy atom. The lowest BCUT2D eigenvalue weighted by atomic mass is 10.4. The van der Waals surface area contributed by atoms with E-state index in [1.54, 1.807) is 0 Å². The van der Waals surface area contributed by atoms with Crippen molar-refractivity contribution >= 4 is 17.7 Å². The summed E-state index contributed by atoms with van der Waals surface area (Å²) in [5.74, 6) is -2.04. The molecular weight excluding hydrogens is 272 g/mol. The average molecular weight is 281 g/mol. The molecule has 106 valence electrons. The van der Waals surface area contributed by atoms with Crippen LogP contribution in [0.2, 0.25) is 0 Å². The van der Waals surface area contributed by atoms with Crippen LogP contribution < -0.4 is 27.8 Å². The molecule has 0 atom stereocenters. The van der Waals surface area contributed by atoms with Crippen molar-refractivity contribution in [3.8, 4) is 0 Å². The summed E-state index contributed by atoms with van der Waals surface area (Å²) >= 11 is 0. The van der Waals surface area contributed by atoms with Crippen LogP contribution in [-0.2, 0) is 0 Å². The van der Waals surface area contributed by atoms with Gasteiger partial charge in [-0.2, -0.15) is 0 Å². The monoisotopic (exact) mass is 281 g/mol. The molecule has 0 bridgehead atoms. The van der Waals surface area contributed by atoms with E-state index in [2.05, 4.69) is 9.97 Å². The number of carboxylic acid groups (broad SMARTS) is 1. The van der Waals surface area contributed by atoms with Crippen molar-refractivity contribution < 1.29 is 14.7 Å². The minimum absolute atomic E-state index is 0.141. The number of amides is 1. The number of aromatic carboxylic acids is 1. The van der Waals surface area contributed by atoms with Crippen LogP contribution in [0.5, 0.6) is 0 Å². The van der Waals surface area contributed by atoms with Crippen molar-refractivity contribution in [3.05, 3.63) is 44.6 Å². The molecule has 0 aromatic carbocycles. The van der Waals surface area contributed by atoms with Gasteiger partial charge in [-0.3, -0.25) is 14.6 Å². The number of hydrogen-bond acceptors (Lipinski definition) is 7. The molecule has 0 saturated carbocycles. The van der Waals surface area contributed by atoms with Crippen LogP contribution in [-0.4, -0.2) is 31.8 Å². The molecule has 0 fully saturated rings. The van der Waals surface area contributed by atoms with Gasteiger partial charge in [-0.25, -0.2) is 9.78 Å². The van der Waals surface area contributed by atoms with Gasteiger partial charge in [0.2, 0.25) is 0 Å². The number of nitrogens with one attached hydrogen (secondary N) is 3. The maximum absolute atomic E-state index is 10.4. The Morgan fingerprint density at radius 3 is 2.25 bits per heavy atom. The highest BCUT2D eigenvalue weighted by molar-refractivity contribution is 5.94. The molecular formula is C9H9N6O5-. The molecule has 0 unspecified atom stereocenters. The number of imidazole rings is 1. The van der Waals surface area contributed by atoms with Gasteiger partial charge < -0.3 is 31.3 Å². The number of primary amides is 1. The number of aromatic amines is 3. The fourth-order valence-electron chi connectivity index (χ4n) is 1.08. The zero-order valence-corrected chi connectivity index (χ0v) is 9.80. The summed E-state index contributed by atoms with van der Waals surface area (Å²) in [7, 11) is 0. The fraction of sp³-hybridized carbons (Fsp3) is 0. The molecule has 0 spiro atoms. The summed E-state index contributed by atoms with van der Waals surface area (Å²) < 4.78 is 0. The second-order valence-electron chi connectivity index (χ2n) is 3.32. The van der Waals surface area contributed by atoms with Crippen molar-refractivity contribution in [3.63, 3.8) is 0 Å². The summed E-state index contributed by atoms with van der Waals surface area (Å²) in [6, 6.07) is 0.733. The minimum Gasteiger partial charge on any atom is -0.543 e. The van der Waals surface area contributed by atoms with Crippen molar-refractivity contribution in [1.29, 1.82) is 0 Å². The summed E-state index contributed by atoms with van der Waals surface area (Å²) in [4.78, 5) is 51.0. The lowest BCUT2D eigenvalue weighted by molar-refractivity contribution is -0.255. The number of anilines is 1. The standard InChI is InChI=1S/C5H4N2O4.C4H6N4O/c8-3-1-2(4(9)10)6-5(11)7-3;5-3-2(4(6)9)7-1-8-3/h1H,(H,9,10)(H2,6,7,8,11);1H,5H2,(H2,6,9)(H,7,8)/p-1. The number of hydrogen-bond donors (Lipinski definition) is 5. The highest BCUT2D eigenvalue weighted by Crippen LogP contribution is 2.00. The first kappa shape index (κ1) is 14.7. The Balaban J connectivity index is 0.000000204. The average Bonchev–Trinajstić information content (AvgIpc) is 2.75. The van der Waals surface area contributed by atoms with E-state index >= 15 is 0 Å². The van der Waals surface area contributed by atoms with E-state index in [4.69, 9.17) is 11.5 Å². The highest BCUT2D eigenvalue weighted by Gasteiger charge is 2.05. The number of H-pyrrole nitrogens is 3. The van der Waals surface area contributed by atoms with E-state index in [0.29, 0.717) is 0 Å². The predicted octanol–water partition coefficient (Wildman–Crippen LogP) is -3.48. The molecule has 11 nitrogen and oxygen atoms in total. The molecule has 2 aromatic heterocycles. The smallest absolute Gasteiger partial charge is 0.326 e. The number of nitrogens with zero attached hydrogens (tertiary/aromatic N) is 1. The minimum atomic E-state index is -1.59. The zero-order chi connectivity index (χ0) is 15.3. The molecule has 11 heteroatoms. The Hall–Kier alpha value is -3.37. The molecule has 0 aliphatic rings. The molecule has 0 aliphatic carbocycles. The van der Waals surface area contributed by atoms with Gasteiger partial charge in [0.05, 0.1) is 18.0 Å². The van der Waals surface area contributed by atoms with Crippen LogP contribution in [0.3, 0.4) is 0 Å². The lowest BCUT2D eigenvalue weighted by Gasteiger charge is -1.97. The van der Waals surface area contributed by atoms with E-state index in [1.165, 1.54) is 6.33 Å². The Morgan fingerprint density at radius 2 is 1.90 bits per heavy atom. The van der Waals surface area contributed by atoms with Crippen LogP contribution in [0.25, 0.3) is 0 Å². The quantitative estimate of drug-likeness (QED) is 0.375. The van der Waals surface area contributed by atoms with Crippen LogP contribution in [0.15, 0.2) is 22.0 Å². The van der Waals surface area contributed by atoms with Gasteiger partial charge >= 0.3 is 5.69 Å². The van der Waals surface area contributed by atoms with Crippen molar-refractivity contribution in [2.24, 2.45) is 5.73 Å². The molecule has 7 N–H and O–H groups in total. The molecule has 1 amide bonds.